The molecule has 0 bridgehead atoms. The number of hydrogen-bond acceptors (Lipinski definition) is 4. The maximum atomic E-state index is 5.55. The van der Waals surface area contributed by atoms with Crippen molar-refractivity contribution < 1.29 is 4.74 Å². The van der Waals surface area contributed by atoms with E-state index in [-0.39, 0.29) is 6.04 Å². The predicted molar refractivity (Wildman–Crippen MR) is 72.0 cm³/mol. The molecule has 1 unspecified atom stereocenters. The van der Waals surface area contributed by atoms with Gasteiger partial charge in [-0.25, -0.2) is 4.98 Å². The first-order valence-electron chi connectivity index (χ1n) is 6.29. The molecule has 1 heterocycles. The van der Waals surface area contributed by atoms with Crippen molar-refractivity contribution in [1.29, 1.82) is 0 Å². The number of aromatic nitrogens is 2. The van der Waals surface area contributed by atoms with Crippen molar-refractivity contribution in [3.63, 3.8) is 0 Å². The van der Waals surface area contributed by atoms with Crippen molar-refractivity contribution in [2.24, 2.45) is 5.84 Å². The molecule has 3 N–H and O–H groups in total. The number of nitrogens with zero attached hydrogens (tertiary/aromatic N) is 2. The van der Waals surface area contributed by atoms with Crippen LogP contribution in [-0.2, 0) is 11.3 Å². The first-order valence-corrected chi connectivity index (χ1v) is 6.29. The molecule has 0 spiro atoms. The van der Waals surface area contributed by atoms with E-state index < -0.39 is 0 Å². The standard InChI is InChI=1S/C13H20N4O/c1-2-7-18-9-11(16-14)8-17-10-15-12-5-3-4-6-13(12)17/h3-6,10-11,16H,2,7-9,14H2,1H3. The summed E-state index contributed by atoms with van der Waals surface area (Å²) < 4.78 is 7.61. The fourth-order valence-corrected chi connectivity index (χ4v) is 1.92. The molecule has 0 aliphatic rings. The summed E-state index contributed by atoms with van der Waals surface area (Å²) in [5, 5.41) is 0. The topological polar surface area (TPSA) is 65.1 Å². The minimum atomic E-state index is 0.0918. The van der Waals surface area contributed by atoms with Gasteiger partial charge >= 0.3 is 0 Å². The largest absolute Gasteiger partial charge is 0.380 e. The number of fused-ring (bicyclic) bond motifs is 1. The Hall–Kier alpha value is -1.43. The van der Waals surface area contributed by atoms with Crippen LogP contribution in [0.15, 0.2) is 30.6 Å². The Morgan fingerprint density at radius 2 is 2.28 bits per heavy atom. The second-order valence-corrected chi connectivity index (χ2v) is 4.32. The van der Waals surface area contributed by atoms with Gasteiger partial charge in [0.25, 0.3) is 0 Å². The van der Waals surface area contributed by atoms with E-state index in [0.29, 0.717) is 6.61 Å². The van der Waals surface area contributed by atoms with E-state index >= 15 is 0 Å². The molecule has 0 aliphatic heterocycles. The fourth-order valence-electron chi connectivity index (χ4n) is 1.92. The number of nitrogens with one attached hydrogen (secondary N) is 1. The van der Waals surface area contributed by atoms with Gasteiger partial charge in [-0.3, -0.25) is 11.3 Å². The first-order chi connectivity index (χ1) is 8.85. The fraction of sp³-hybridized carbons (Fsp3) is 0.462. The van der Waals surface area contributed by atoms with E-state index in [1.165, 1.54) is 0 Å². The number of para-hydroxylation sites is 2. The van der Waals surface area contributed by atoms with Gasteiger partial charge in [0.1, 0.15) is 0 Å². The van der Waals surface area contributed by atoms with E-state index in [2.05, 4.69) is 28.0 Å². The molecule has 0 fully saturated rings. The Labute approximate surface area is 107 Å². The normalized spacial score (nSPS) is 13.0. The van der Waals surface area contributed by atoms with Crippen LogP contribution in [0.1, 0.15) is 13.3 Å². The lowest BCUT2D eigenvalue weighted by Crippen LogP contribution is -2.41. The molecule has 0 aliphatic carbocycles. The van der Waals surface area contributed by atoms with Crippen molar-refractivity contribution in [2.45, 2.75) is 25.9 Å². The summed E-state index contributed by atoms with van der Waals surface area (Å²) in [7, 11) is 0. The lowest BCUT2D eigenvalue weighted by molar-refractivity contribution is 0.107. The van der Waals surface area contributed by atoms with Gasteiger partial charge in [-0.05, 0) is 18.6 Å². The van der Waals surface area contributed by atoms with Crippen LogP contribution in [0.5, 0.6) is 0 Å². The number of imidazole rings is 1. The van der Waals surface area contributed by atoms with Gasteiger partial charge in [0.2, 0.25) is 0 Å². The number of hydrogen-bond donors (Lipinski definition) is 2. The summed E-state index contributed by atoms with van der Waals surface area (Å²) >= 11 is 0. The Balaban J connectivity index is 2.02. The van der Waals surface area contributed by atoms with Gasteiger partial charge < -0.3 is 9.30 Å². The number of rotatable bonds is 7. The van der Waals surface area contributed by atoms with Crippen LogP contribution in [0.3, 0.4) is 0 Å². The minimum absolute atomic E-state index is 0.0918. The zero-order chi connectivity index (χ0) is 12.8. The lowest BCUT2D eigenvalue weighted by atomic mass is 10.3. The van der Waals surface area contributed by atoms with Crippen molar-refractivity contribution in [3.8, 4) is 0 Å². The maximum Gasteiger partial charge on any atom is 0.0958 e. The van der Waals surface area contributed by atoms with Crippen LogP contribution in [0.2, 0.25) is 0 Å². The van der Waals surface area contributed by atoms with Crippen molar-refractivity contribution in [3.05, 3.63) is 30.6 Å². The highest BCUT2D eigenvalue weighted by Crippen LogP contribution is 2.12. The second kappa shape index (κ2) is 6.49. The summed E-state index contributed by atoms with van der Waals surface area (Å²) in [6.45, 7) is 4.22. The third-order valence-electron chi connectivity index (χ3n) is 2.85. The Bertz CT molecular complexity index is 483. The highest BCUT2D eigenvalue weighted by Gasteiger charge is 2.09. The molecular weight excluding hydrogens is 228 g/mol. The second-order valence-electron chi connectivity index (χ2n) is 4.32. The molecule has 0 amide bonds. The summed E-state index contributed by atoms with van der Waals surface area (Å²) in [4.78, 5) is 4.36. The molecule has 0 radical (unpaired) electrons. The average Bonchev–Trinajstić information content (AvgIpc) is 2.81. The zero-order valence-corrected chi connectivity index (χ0v) is 10.7. The molecule has 5 nitrogen and oxygen atoms in total. The van der Waals surface area contributed by atoms with Crippen LogP contribution in [0, 0.1) is 0 Å². The van der Waals surface area contributed by atoms with Gasteiger partial charge in [0.15, 0.2) is 0 Å². The van der Waals surface area contributed by atoms with Crippen molar-refractivity contribution >= 4 is 11.0 Å². The summed E-state index contributed by atoms with van der Waals surface area (Å²) in [6.07, 6.45) is 2.86. The quantitative estimate of drug-likeness (QED) is 0.440. The molecule has 98 valence electrons. The van der Waals surface area contributed by atoms with Crippen LogP contribution < -0.4 is 11.3 Å². The van der Waals surface area contributed by atoms with E-state index in [1.54, 1.807) is 0 Å². The molecule has 1 atom stereocenters. The smallest absolute Gasteiger partial charge is 0.0958 e. The zero-order valence-electron chi connectivity index (χ0n) is 10.7. The van der Waals surface area contributed by atoms with E-state index in [0.717, 1.165) is 30.6 Å². The highest BCUT2D eigenvalue weighted by atomic mass is 16.5. The third kappa shape index (κ3) is 3.07. The molecule has 1 aromatic heterocycles. The highest BCUT2D eigenvalue weighted by molar-refractivity contribution is 5.74. The van der Waals surface area contributed by atoms with E-state index in [4.69, 9.17) is 10.6 Å². The number of hydrazine groups is 1. The van der Waals surface area contributed by atoms with Gasteiger partial charge in [-0.15, -0.1) is 0 Å². The van der Waals surface area contributed by atoms with Gasteiger partial charge in [-0.1, -0.05) is 19.1 Å². The molecule has 18 heavy (non-hydrogen) atoms. The van der Waals surface area contributed by atoms with E-state index in [1.807, 2.05) is 24.5 Å². The number of nitrogens with two attached hydrogens (primary N) is 1. The van der Waals surface area contributed by atoms with Gasteiger partial charge in [-0.2, -0.15) is 0 Å². The van der Waals surface area contributed by atoms with Crippen LogP contribution >= 0.6 is 0 Å². The van der Waals surface area contributed by atoms with E-state index in [9.17, 15) is 0 Å². The SMILES string of the molecule is CCCOCC(Cn1cnc2ccccc21)NN. The van der Waals surface area contributed by atoms with Crippen LogP contribution in [0.4, 0.5) is 0 Å². The van der Waals surface area contributed by atoms with Gasteiger partial charge in [0.05, 0.1) is 30.0 Å². The average molecular weight is 248 g/mol. The summed E-state index contributed by atoms with van der Waals surface area (Å²) in [6, 6.07) is 8.16. The molecular formula is C13H20N4O. The Morgan fingerprint density at radius 3 is 3.06 bits per heavy atom. The summed E-state index contributed by atoms with van der Waals surface area (Å²) in [5.41, 5.74) is 4.91. The van der Waals surface area contributed by atoms with Crippen LogP contribution in [-0.4, -0.2) is 28.8 Å². The molecule has 2 aromatic rings. The molecule has 2 rings (SSSR count). The minimum Gasteiger partial charge on any atom is -0.380 e. The Kier molecular flexibility index (Phi) is 4.69. The number of ether oxygens (including phenoxy) is 1. The molecule has 0 saturated heterocycles. The van der Waals surface area contributed by atoms with Crippen LogP contribution in [0.25, 0.3) is 11.0 Å². The number of benzene rings is 1. The molecule has 1 aromatic carbocycles. The van der Waals surface area contributed by atoms with Crippen molar-refractivity contribution in [1.82, 2.24) is 15.0 Å². The third-order valence-corrected chi connectivity index (χ3v) is 2.85. The lowest BCUT2D eigenvalue weighted by Gasteiger charge is -2.17. The first kappa shape index (κ1) is 13.0. The predicted octanol–water partition coefficient (Wildman–Crippen LogP) is 1.29. The van der Waals surface area contributed by atoms with Gasteiger partial charge in [0, 0.05) is 13.2 Å². The maximum absolute atomic E-state index is 5.55. The summed E-state index contributed by atoms with van der Waals surface area (Å²) in [5.74, 6) is 5.55. The Morgan fingerprint density at radius 1 is 1.44 bits per heavy atom. The molecule has 0 saturated carbocycles. The molecule has 5 heteroatoms. The monoisotopic (exact) mass is 248 g/mol. The van der Waals surface area contributed by atoms with Crippen molar-refractivity contribution in [2.75, 3.05) is 13.2 Å².